The molecule has 0 saturated carbocycles. The van der Waals surface area contributed by atoms with Gasteiger partial charge in [0.1, 0.15) is 0 Å². The Morgan fingerprint density at radius 2 is 2.21 bits per heavy atom. The quantitative estimate of drug-likeness (QED) is 0.702. The summed E-state index contributed by atoms with van der Waals surface area (Å²) >= 11 is 11.3. The lowest BCUT2D eigenvalue weighted by Gasteiger charge is -1.98. The van der Waals surface area contributed by atoms with Crippen LogP contribution < -0.4 is 0 Å². The average molecular weight is 385 g/mol. The van der Waals surface area contributed by atoms with Crippen LogP contribution in [0.25, 0.3) is 11.5 Å². The SMILES string of the molecule is Clc1ccc(Br)cc1-c1nc(I)no1. The highest BCUT2D eigenvalue weighted by Gasteiger charge is 2.11. The predicted molar refractivity (Wildman–Crippen MR) is 65.2 cm³/mol. The van der Waals surface area contributed by atoms with Crippen molar-refractivity contribution in [3.8, 4) is 11.5 Å². The van der Waals surface area contributed by atoms with Gasteiger partial charge in [0.2, 0.25) is 3.83 Å². The van der Waals surface area contributed by atoms with E-state index in [0.717, 1.165) is 10.0 Å². The minimum Gasteiger partial charge on any atom is -0.333 e. The smallest absolute Gasteiger partial charge is 0.260 e. The maximum absolute atomic E-state index is 5.99. The number of hydrogen-bond donors (Lipinski definition) is 0. The minimum absolute atomic E-state index is 0.431. The highest BCUT2D eigenvalue weighted by Crippen LogP contribution is 2.29. The fraction of sp³-hybridized carbons (Fsp3) is 0. The van der Waals surface area contributed by atoms with Crippen molar-refractivity contribution in [3.05, 3.63) is 31.5 Å². The summed E-state index contributed by atoms with van der Waals surface area (Å²) in [5, 5.41) is 4.28. The van der Waals surface area contributed by atoms with Crippen molar-refractivity contribution in [2.45, 2.75) is 0 Å². The lowest BCUT2D eigenvalue weighted by molar-refractivity contribution is 0.426. The first-order chi connectivity index (χ1) is 6.66. The van der Waals surface area contributed by atoms with Crippen LogP contribution in [-0.4, -0.2) is 10.1 Å². The number of rotatable bonds is 1. The van der Waals surface area contributed by atoms with Crippen molar-refractivity contribution in [1.29, 1.82) is 0 Å². The molecule has 1 aromatic heterocycles. The molecule has 0 bridgehead atoms. The maximum atomic E-state index is 5.99. The number of hydrogen-bond acceptors (Lipinski definition) is 3. The van der Waals surface area contributed by atoms with Gasteiger partial charge in [-0.2, -0.15) is 4.98 Å². The molecule has 0 aliphatic carbocycles. The molecule has 6 heteroatoms. The molecule has 0 N–H and O–H groups in total. The first-order valence-corrected chi connectivity index (χ1v) is 5.86. The summed E-state index contributed by atoms with van der Waals surface area (Å²) in [4.78, 5) is 4.09. The molecule has 0 aliphatic heterocycles. The second kappa shape index (κ2) is 4.16. The number of nitrogens with zero attached hydrogens (tertiary/aromatic N) is 2. The lowest BCUT2D eigenvalue weighted by Crippen LogP contribution is -1.80. The molecule has 0 atom stereocenters. The molecule has 0 amide bonds. The summed E-state index contributed by atoms with van der Waals surface area (Å²) in [6, 6.07) is 5.47. The predicted octanol–water partition coefficient (Wildman–Crippen LogP) is 3.76. The highest BCUT2D eigenvalue weighted by atomic mass is 127. The zero-order valence-electron chi connectivity index (χ0n) is 6.67. The molecule has 1 aromatic carbocycles. The number of aromatic nitrogens is 2. The van der Waals surface area contributed by atoms with Gasteiger partial charge in [0, 0.05) is 27.1 Å². The Labute approximate surface area is 107 Å². The Morgan fingerprint density at radius 3 is 2.86 bits per heavy atom. The molecule has 0 radical (unpaired) electrons. The van der Waals surface area contributed by atoms with Gasteiger partial charge in [-0.15, -0.1) is 0 Å². The Kier molecular flexibility index (Phi) is 3.08. The van der Waals surface area contributed by atoms with Gasteiger partial charge in [0.15, 0.2) is 0 Å². The second-order valence-electron chi connectivity index (χ2n) is 2.49. The van der Waals surface area contributed by atoms with E-state index in [4.69, 9.17) is 16.1 Å². The fourth-order valence-electron chi connectivity index (χ4n) is 0.976. The Bertz CT molecular complexity index is 474. The molecule has 14 heavy (non-hydrogen) atoms. The summed E-state index contributed by atoms with van der Waals surface area (Å²) in [5.41, 5.74) is 0.733. The van der Waals surface area contributed by atoms with Crippen molar-refractivity contribution in [3.63, 3.8) is 0 Å². The topological polar surface area (TPSA) is 38.9 Å². The highest BCUT2D eigenvalue weighted by molar-refractivity contribution is 14.1. The van der Waals surface area contributed by atoms with Crippen LogP contribution in [0.1, 0.15) is 0 Å². The third-order valence-electron chi connectivity index (χ3n) is 1.56. The van der Waals surface area contributed by atoms with Gasteiger partial charge in [-0.25, -0.2) is 0 Å². The molecule has 2 aromatic rings. The van der Waals surface area contributed by atoms with Crippen LogP contribution in [0.3, 0.4) is 0 Å². The van der Waals surface area contributed by atoms with E-state index in [-0.39, 0.29) is 0 Å². The zero-order chi connectivity index (χ0) is 10.1. The third kappa shape index (κ3) is 2.09. The summed E-state index contributed by atoms with van der Waals surface area (Å²) in [6.07, 6.45) is 0. The Hall–Kier alpha value is -0.140. The summed E-state index contributed by atoms with van der Waals surface area (Å²) < 4.78 is 6.50. The first kappa shape index (κ1) is 10.4. The van der Waals surface area contributed by atoms with E-state index in [1.165, 1.54) is 0 Å². The van der Waals surface area contributed by atoms with Crippen LogP contribution in [0, 0.1) is 3.83 Å². The molecule has 0 unspecified atom stereocenters. The molecule has 72 valence electrons. The molecule has 0 fully saturated rings. The summed E-state index contributed by atoms with van der Waals surface area (Å²) in [6.45, 7) is 0. The standard InChI is InChI=1S/C8H3BrClIN2O/c9-4-1-2-6(10)5(3-4)7-12-8(11)13-14-7/h1-3H. The van der Waals surface area contributed by atoms with Gasteiger partial charge >= 0.3 is 0 Å². The van der Waals surface area contributed by atoms with Crippen LogP contribution in [0.2, 0.25) is 5.02 Å². The van der Waals surface area contributed by atoms with E-state index in [1.54, 1.807) is 6.07 Å². The van der Waals surface area contributed by atoms with Gasteiger partial charge in [-0.1, -0.05) is 32.7 Å². The molecule has 0 aliphatic rings. The first-order valence-electron chi connectivity index (χ1n) is 3.61. The van der Waals surface area contributed by atoms with E-state index in [9.17, 15) is 0 Å². The second-order valence-corrected chi connectivity index (χ2v) is 4.78. The van der Waals surface area contributed by atoms with Crippen LogP contribution in [0.5, 0.6) is 0 Å². The molecule has 1 heterocycles. The monoisotopic (exact) mass is 384 g/mol. The van der Waals surface area contributed by atoms with E-state index in [2.05, 4.69) is 26.1 Å². The maximum Gasteiger partial charge on any atom is 0.260 e. The zero-order valence-corrected chi connectivity index (χ0v) is 11.2. The third-order valence-corrected chi connectivity index (χ3v) is 2.82. The molecular weight excluding hydrogens is 382 g/mol. The minimum atomic E-state index is 0.431. The van der Waals surface area contributed by atoms with Gasteiger partial charge in [0.05, 0.1) is 10.6 Å². The Morgan fingerprint density at radius 1 is 1.43 bits per heavy atom. The van der Waals surface area contributed by atoms with Gasteiger partial charge < -0.3 is 4.52 Å². The summed E-state index contributed by atoms with van der Waals surface area (Å²) in [7, 11) is 0. The lowest BCUT2D eigenvalue weighted by atomic mass is 10.2. The van der Waals surface area contributed by atoms with Gasteiger partial charge in [-0.05, 0) is 18.2 Å². The fourth-order valence-corrected chi connectivity index (χ4v) is 1.85. The number of halogens is 3. The normalized spacial score (nSPS) is 10.5. The van der Waals surface area contributed by atoms with Crippen molar-refractivity contribution in [2.24, 2.45) is 0 Å². The van der Waals surface area contributed by atoms with Crippen LogP contribution in [0.4, 0.5) is 0 Å². The molecule has 0 spiro atoms. The van der Waals surface area contributed by atoms with Crippen LogP contribution >= 0.6 is 50.1 Å². The van der Waals surface area contributed by atoms with Crippen molar-refractivity contribution < 1.29 is 4.52 Å². The molecule has 2 rings (SSSR count). The van der Waals surface area contributed by atoms with Crippen LogP contribution in [0.15, 0.2) is 27.2 Å². The van der Waals surface area contributed by atoms with E-state index < -0.39 is 0 Å². The molecule has 0 saturated heterocycles. The van der Waals surface area contributed by atoms with E-state index in [1.807, 2.05) is 34.7 Å². The van der Waals surface area contributed by atoms with Crippen molar-refractivity contribution >= 4 is 50.1 Å². The van der Waals surface area contributed by atoms with Crippen LogP contribution in [-0.2, 0) is 0 Å². The molecular formula is C8H3BrClIN2O. The number of benzene rings is 1. The van der Waals surface area contributed by atoms with E-state index >= 15 is 0 Å². The Balaban J connectivity index is 2.55. The van der Waals surface area contributed by atoms with Crippen molar-refractivity contribution in [1.82, 2.24) is 10.1 Å². The largest absolute Gasteiger partial charge is 0.333 e. The van der Waals surface area contributed by atoms with Gasteiger partial charge in [0.25, 0.3) is 5.89 Å². The summed E-state index contributed by atoms with van der Waals surface area (Å²) in [5.74, 6) is 0.431. The van der Waals surface area contributed by atoms with Gasteiger partial charge in [-0.3, -0.25) is 0 Å². The van der Waals surface area contributed by atoms with E-state index in [0.29, 0.717) is 14.7 Å². The molecule has 3 nitrogen and oxygen atoms in total. The average Bonchev–Trinajstić information content (AvgIpc) is 2.56. The van der Waals surface area contributed by atoms with Crippen molar-refractivity contribution in [2.75, 3.05) is 0 Å².